The summed E-state index contributed by atoms with van der Waals surface area (Å²) in [5, 5.41) is 7.40. The Hall–Kier alpha value is -1.55. The van der Waals surface area contributed by atoms with Crippen LogP contribution in [0.25, 0.3) is 0 Å². The predicted octanol–water partition coefficient (Wildman–Crippen LogP) is 2.47. The fourth-order valence-electron chi connectivity index (χ4n) is 1.42. The second-order valence-corrected chi connectivity index (χ2v) is 5.20. The molecule has 0 atom stereocenters. The van der Waals surface area contributed by atoms with Crippen molar-refractivity contribution < 1.29 is 9.47 Å². The molecule has 0 fully saturated rings. The fraction of sp³-hybridized carbons (Fsp3) is 0.500. The summed E-state index contributed by atoms with van der Waals surface area (Å²) in [6, 6.07) is 5.50. The molecule has 18 heavy (non-hydrogen) atoms. The van der Waals surface area contributed by atoms with E-state index in [0.29, 0.717) is 18.8 Å². The van der Waals surface area contributed by atoms with Gasteiger partial charge in [0.25, 0.3) is 0 Å². The third-order valence-electron chi connectivity index (χ3n) is 2.38. The van der Waals surface area contributed by atoms with Crippen molar-refractivity contribution in [1.29, 1.82) is 5.41 Å². The van der Waals surface area contributed by atoms with Crippen molar-refractivity contribution in [3.05, 3.63) is 29.3 Å². The van der Waals surface area contributed by atoms with Gasteiger partial charge in [-0.25, -0.2) is 0 Å². The first-order valence-electron chi connectivity index (χ1n) is 6.01. The lowest BCUT2D eigenvalue weighted by atomic mass is 10.1. The number of ether oxygens (including phenoxy) is 2. The van der Waals surface area contributed by atoms with Crippen LogP contribution >= 0.6 is 0 Å². The number of rotatable bonds is 5. The van der Waals surface area contributed by atoms with Crippen molar-refractivity contribution >= 4 is 5.84 Å². The van der Waals surface area contributed by atoms with E-state index in [2.05, 4.69) is 0 Å². The summed E-state index contributed by atoms with van der Waals surface area (Å²) in [6.07, 6.45) is 0. The minimum absolute atomic E-state index is 0.0470. The molecule has 1 aromatic carbocycles. The molecule has 0 unspecified atom stereocenters. The number of aryl methyl sites for hydroxylation is 1. The van der Waals surface area contributed by atoms with Crippen LogP contribution in [0.4, 0.5) is 0 Å². The van der Waals surface area contributed by atoms with E-state index in [1.54, 1.807) is 6.07 Å². The van der Waals surface area contributed by atoms with Gasteiger partial charge in [-0.2, -0.15) is 0 Å². The summed E-state index contributed by atoms with van der Waals surface area (Å²) in [4.78, 5) is 0. The van der Waals surface area contributed by atoms with Gasteiger partial charge in [0.05, 0.1) is 12.2 Å². The molecule has 0 heterocycles. The molecular formula is C14H22N2O2. The first kappa shape index (κ1) is 14.5. The molecule has 0 aliphatic rings. The zero-order valence-electron chi connectivity index (χ0n) is 11.5. The number of nitrogen functional groups attached to an aromatic ring is 1. The average Bonchev–Trinajstić information content (AvgIpc) is 2.24. The Labute approximate surface area is 109 Å². The quantitative estimate of drug-likeness (QED) is 0.479. The van der Waals surface area contributed by atoms with Crippen LogP contribution in [0.3, 0.4) is 0 Å². The molecule has 0 saturated heterocycles. The van der Waals surface area contributed by atoms with E-state index in [1.165, 1.54) is 0 Å². The Morgan fingerprint density at radius 2 is 1.94 bits per heavy atom. The van der Waals surface area contributed by atoms with Crippen molar-refractivity contribution in [2.45, 2.75) is 33.3 Å². The van der Waals surface area contributed by atoms with E-state index in [4.69, 9.17) is 20.6 Å². The van der Waals surface area contributed by atoms with Crippen LogP contribution in [-0.4, -0.2) is 24.7 Å². The number of hydrogen-bond donors (Lipinski definition) is 2. The molecule has 0 aliphatic heterocycles. The molecule has 4 nitrogen and oxygen atoms in total. The lowest BCUT2D eigenvalue weighted by Crippen LogP contribution is -2.22. The molecular weight excluding hydrogens is 228 g/mol. The van der Waals surface area contributed by atoms with Gasteiger partial charge in [0, 0.05) is 5.56 Å². The zero-order valence-corrected chi connectivity index (χ0v) is 11.5. The number of amidine groups is 1. The largest absolute Gasteiger partial charge is 0.491 e. The Balaban J connectivity index is 2.56. The monoisotopic (exact) mass is 250 g/mol. The van der Waals surface area contributed by atoms with Crippen molar-refractivity contribution in [3.8, 4) is 5.75 Å². The van der Waals surface area contributed by atoms with Gasteiger partial charge in [-0.05, 0) is 39.3 Å². The summed E-state index contributed by atoms with van der Waals surface area (Å²) in [5.41, 5.74) is 6.99. The van der Waals surface area contributed by atoms with Gasteiger partial charge in [-0.3, -0.25) is 5.41 Å². The van der Waals surface area contributed by atoms with E-state index in [9.17, 15) is 0 Å². The second kappa shape index (κ2) is 5.87. The Bertz CT molecular complexity index is 422. The van der Waals surface area contributed by atoms with Gasteiger partial charge >= 0.3 is 0 Å². The minimum Gasteiger partial charge on any atom is -0.491 e. The molecule has 0 amide bonds. The fourth-order valence-corrected chi connectivity index (χ4v) is 1.42. The number of benzene rings is 1. The van der Waals surface area contributed by atoms with Crippen LogP contribution in [0.5, 0.6) is 5.75 Å². The van der Waals surface area contributed by atoms with E-state index in [0.717, 1.165) is 11.3 Å². The second-order valence-electron chi connectivity index (χ2n) is 5.20. The highest BCUT2D eigenvalue weighted by Crippen LogP contribution is 2.19. The Kier molecular flexibility index (Phi) is 4.73. The third kappa shape index (κ3) is 4.75. The first-order valence-corrected chi connectivity index (χ1v) is 6.01. The highest BCUT2D eigenvalue weighted by atomic mass is 16.5. The lowest BCUT2D eigenvalue weighted by molar-refractivity contribution is -0.0163. The maximum Gasteiger partial charge on any atom is 0.123 e. The molecule has 0 radical (unpaired) electrons. The topological polar surface area (TPSA) is 68.3 Å². The third-order valence-corrected chi connectivity index (χ3v) is 2.38. The van der Waals surface area contributed by atoms with E-state index in [1.807, 2.05) is 39.8 Å². The van der Waals surface area contributed by atoms with Crippen LogP contribution < -0.4 is 10.5 Å². The molecule has 100 valence electrons. The lowest BCUT2D eigenvalue weighted by Gasteiger charge is -2.19. The van der Waals surface area contributed by atoms with E-state index >= 15 is 0 Å². The van der Waals surface area contributed by atoms with Crippen LogP contribution in [0, 0.1) is 12.3 Å². The maximum atomic E-state index is 7.40. The summed E-state index contributed by atoms with van der Waals surface area (Å²) in [6.45, 7) is 9.01. The molecule has 0 bridgehead atoms. The molecule has 1 rings (SSSR count). The van der Waals surface area contributed by atoms with Gasteiger partial charge in [0.2, 0.25) is 0 Å². The maximum absolute atomic E-state index is 7.40. The van der Waals surface area contributed by atoms with Crippen molar-refractivity contribution in [3.63, 3.8) is 0 Å². The first-order chi connectivity index (χ1) is 8.29. The molecule has 0 spiro atoms. The average molecular weight is 250 g/mol. The molecule has 0 aromatic heterocycles. The summed E-state index contributed by atoms with van der Waals surface area (Å²) < 4.78 is 11.2. The standard InChI is InChI=1S/C14H22N2O2/c1-10-5-6-11(13(15)16)9-12(10)17-7-8-18-14(2,3)4/h5-6,9H,7-8H2,1-4H3,(H3,15,16). The zero-order chi connectivity index (χ0) is 13.8. The van der Waals surface area contributed by atoms with Gasteiger partial charge in [-0.1, -0.05) is 12.1 Å². The smallest absolute Gasteiger partial charge is 0.123 e. The van der Waals surface area contributed by atoms with Crippen molar-refractivity contribution in [1.82, 2.24) is 0 Å². The summed E-state index contributed by atoms with van der Waals surface area (Å²) >= 11 is 0. The Morgan fingerprint density at radius 1 is 1.28 bits per heavy atom. The Morgan fingerprint density at radius 3 is 2.50 bits per heavy atom. The minimum atomic E-state index is -0.153. The van der Waals surface area contributed by atoms with Crippen LogP contribution in [0.1, 0.15) is 31.9 Å². The highest BCUT2D eigenvalue weighted by molar-refractivity contribution is 5.95. The molecule has 1 aromatic rings. The van der Waals surface area contributed by atoms with Gasteiger partial charge in [-0.15, -0.1) is 0 Å². The molecule has 0 saturated carbocycles. The van der Waals surface area contributed by atoms with Gasteiger partial charge in [0.15, 0.2) is 0 Å². The van der Waals surface area contributed by atoms with E-state index in [-0.39, 0.29) is 11.4 Å². The molecule has 3 N–H and O–H groups in total. The predicted molar refractivity (Wildman–Crippen MR) is 73.4 cm³/mol. The SMILES string of the molecule is Cc1ccc(C(=N)N)cc1OCCOC(C)(C)C. The number of nitrogens with two attached hydrogens (primary N) is 1. The summed E-state index contributed by atoms with van der Waals surface area (Å²) in [5.74, 6) is 0.797. The number of hydrogen-bond acceptors (Lipinski definition) is 3. The van der Waals surface area contributed by atoms with Crippen molar-refractivity contribution in [2.75, 3.05) is 13.2 Å². The summed E-state index contributed by atoms with van der Waals surface area (Å²) in [7, 11) is 0. The molecule has 4 heteroatoms. The van der Waals surface area contributed by atoms with Gasteiger partial charge < -0.3 is 15.2 Å². The van der Waals surface area contributed by atoms with Crippen molar-refractivity contribution in [2.24, 2.45) is 5.73 Å². The van der Waals surface area contributed by atoms with Crippen LogP contribution in [-0.2, 0) is 4.74 Å². The van der Waals surface area contributed by atoms with Crippen LogP contribution in [0.15, 0.2) is 18.2 Å². The van der Waals surface area contributed by atoms with E-state index < -0.39 is 0 Å². The normalized spacial score (nSPS) is 11.3. The molecule has 0 aliphatic carbocycles. The van der Waals surface area contributed by atoms with Gasteiger partial charge in [0.1, 0.15) is 18.2 Å². The number of nitrogens with one attached hydrogen (secondary N) is 1. The van der Waals surface area contributed by atoms with Crippen LogP contribution in [0.2, 0.25) is 0 Å². The highest BCUT2D eigenvalue weighted by Gasteiger charge is 2.10.